The summed E-state index contributed by atoms with van der Waals surface area (Å²) in [4.78, 5) is 0. The highest BCUT2D eigenvalue weighted by Crippen LogP contribution is 2.21. The standard InChI is InChI=1S/C27H52/c1-5-7-9-11-13-14-15-16-18-20-23-27(4)25-21-24-26(3)22-19-17-12-10-8-6-2/h16,18,26-27H,1-2,5-15,17,19-25H2,3-4H3/b18-16+. The summed E-state index contributed by atoms with van der Waals surface area (Å²) in [6, 6.07) is 0. The third kappa shape index (κ3) is 21.9. The van der Waals surface area contributed by atoms with Crippen LogP contribution in [0.4, 0.5) is 0 Å². The van der Waals surface area contributed by atoms with Gasteiger partial charge in [0.25, 0.3) is 0 Å². The van der Waals surface area contributed by atoms with E-state index in [0.29, 0.717) is 0 Å². The second-order valence-corrected chi connectivity index (χ2v) is 9.01. The van der Waals surface area contributed by atoms with E-state index < -0.39 is 0 Å². The maximum atomic E-state index is 3.92. The van der Waals surface area contributed by atoms with Crippen molar-refractivity contribution in [3.63, 3.8) is 0 Å². The molecule has 0 saturated heterocycles. The van der Waals surface area contributed by atoms with Gasteiger partial charge in [-0.1, -0.05) is 136 Å². The molecular formula is C27H52. The van der Waals surface area contributed by atoms with Crippen molar-refractivity contribution in [1.82, 2.24) is 0 Å². The average molecular weight is 377 g/mol. The van der Waals surface area contributed by atoms with E-state index in [1.165, 1.54) is 109 Å². The first-order chi connectivity index (χ1) is 13.2. The molecule has 27 heavy (non-hydrogen) atoms. The van der Waals surface area contributed by atoms with Crippen molar-refractivity contribution in [3.05, 3.63) is 26.0 Å². The fraction of sp³-hybridized carbons (Fsp3) is 0.852. The second-order valence-electron chi connectivity index (χ2n) is 9.01. The number of hydrogen-bond acceptors (Lipinski definition) is 0. The summed E-state index contributed by atoms with van der Waals surface area (Å²) in [6.45, 7) is 12.7. The Hall–Kier alpha value is -0.260. The smallest absolute Gasteiger partial charge is 0.0348 e. The van der Waals surface area contributed by atoms with Gasteiger partial charge in [0.15, 0.2) is 0 Å². The van der Waals surface area contributed by atoms with Gasteiger partial charge in [-0.2, -0.15) is 0 Å². The molecule has 0 spiro atoms. The van der Waals surface area contributed by atoms with Crippen LogP contribution in [0.25, 0.3) is 0 Å². The van der Waals surface area contributed by atoms with E-state index >= 15 is 0 Å². The zero-order valence-corrected chi connectivity index (χ0v) is 19.2. The zero-order valence-electron chi connectivity index (χ0n) is 19.2. The fourth-order valence-corrected chi connectivity index (χ4v) is 3.89. The lowest BCUT2D eigenvalue weighted by molar-refractivity contribution is 0.401. The van der Waals surface area contributed by atoms with E-state index in [1.807, 2.05) is 0 Å². The summed E-state index contributed by atoms with van der Waals surface area (Å²) < 4.78 is 0. The summed E-state index contributed by atoms with van der Waals surface area (Å²) in [5.41, 5.74) is 0. The second kappa shape index (κ2) is 22.0. The lowest BCUT2D eigenvalue weighted by Gasteiger charge is -2.14. The van der Waals surface area contributed by atoms with Gasteiger partial charge in [-0.25, -0.2) is 0 Å². The Bertz CT molecular complexity index is 290. The van der Waals surface area contributed by atoms with Crippen molar-refractivity contribution in [2.45, 2.75) is 136 Å². The molecule has 0 aromatic rings. The first kappa shape index (κ1) is 26.7. The topological polar surface area (TPSA) is 0 Å². The molecule has 0 aromatic carbocycles. The molecule has 0 N–H and O–H groups in total. The van der Waals surface area contributed by atoms with E-state index in [4.69, 9.17) is 0 Å². The van der Waals surface area contributed by atoms with Crippen LogP contribution in [-0.2, 0) is 0 Å². The van der Waals surface area contributed by atoms with E-state index in [2.05, 4.69) is 39.8 Å². The van der Waals surface area contributed by atoms with Gasteiger partial charge in [-0.05, 0) is 37.5 Å². The minimum atomic E-state index is 0.896. The number of hydrogen-bond donors (Lipinski definition) is 0. The monoisotopic (exact) mass is 376 g/mol. The van der Waals surface area contributed by atoms with Crippen molar-refractivity contribution in [2.75, 3.05) is 0 Å². The van der Waals surface area contributed by atoms with Crippen molar-refractivity contribution in [3.8, 4) is 0 Å². The summed E-state index contributed by atoms with van der Waals surface area (Å²) in [7, 11) is 0. The molecule has 0 aliphatic rings. The first-order valence-electron chi connectivity index (χ1n) is 12.4. The van der Waals surface area contributed by atoms with Crippen molar-refractivity contribution < 1.29 is 0 Å². The van der Waals surface area contributed by atoms with Crippen molar-refractivity contribution in [1.29, 1.82) is 0 Å². The molecule has 0 aliphatic carbocycles. The Balaban J connectivity index is 3.37. The van der Waals surface area contributed by atoms with E-state index in [0.717, 1.165) is 24.7 Å². The lowest BCUT2D eigenvalue weighted by Crippen LogP contribution is -1.99. The Morgan fingerprint density at radius 1 is 0.481 bits per heavy atom. The van der Waals surface area contributed by atoms with E-state index in [1.54, 1.807) is 0 Å². The zero-order chi connectivity index (χ0) is 20.0. The summed E-state index contributed by atoms with van der Waals surface area (Å²) in [5, 5.41) is 0. The molecule has 0 aliphatic heterocycles. The molecule has 2 radical (unpaired) electrons. The minimum absolute atomic E-state index is 0.896. The van der Waals surface area contributed by atoms with Gasteiger partial charge >= 0.3 is 0 Å². The van der Waals surface area contributed by atoms with Crippen LogP contribution in [0.2, 0.25) is 0 Å². The Morgan fingerprint density at radius 3 is 1.56 bits per heavy atom. The van der Waals surface area contributed by atoms with Crippen LogP contribution < -0.4 is 0 Å². The molecular weight excluding hydrogens is 324 g/mol. The SMILES string of the molecule is [CH2]CCCCCCC/C=C/CCC(C)CCCC(C)CCCCCCC[CH2]. The Morgan fingerprint density at radius 2 is 0.926 bits per heavy atom. The number of allylic oxidation sites excluding steroid dienone is 2. The number of rotatable bonds is 21. The van der Waals surface area contributed by atoms with Crippen LogP contribution >= 0.6 is 0 Å². The summed E-state index contributed by atoms with van der Waals surface area (Å²) >= 11 is 0. The predicted octanol–water partition coefficient (Wildman–Crippen LogP) is 9.89. The van der Waals surface area contributed by atoms with Gasteiger partial charge in [0, 0.05) is 0 Å². The van der Waals surface area contributed by atoms with Crippen LogP contribution in [-0.4, -0.2) is 0 Å². The maximum Gasteiger partial charge on any atom is -0.0348 e. The summed E-state index contributed by atoms with van der Waals surface area (Å²) in [5.74, 6) is 1.82. The third-order valence-corrected chi connectivity index (χ3v) is 5.95. The highest BCUT2D eigenvalue weighted by Gasteiger charge is 2.05. The third-order valence-electron chi connectivity index (χ3n) is 5.95. The predicted molar refractivity (Wildman–Crippen MR) is 126 cm³/mol. The minimum Gasteiger partial charge on any atom is -0.0885 e. The molecule has 0 amide bonds. The molecule has 0 saturated carbocycles. The molecule has 0 rings (SSSR count). The summed E-state index contributed by atoms with van der Waals surface area (Å²) in [6.07, 6.45) is 30.6. The van der Waals surface area contributed by atoms with Gasteiger partial charge in [0.2, 0.25) is 0 Å². The lowest BCUT2D eigenvalue weighted by atomic mass is 9.92. The average Bonchev–Trinajstić information content (AvgIpc) is 2.66. The van der Waals surface area contributed by atoms with Crippen LogP contribution in [0, 0.1) is 25.7 Å². The molecule has 0 heterocycles. The molecule has 0 nitrogen and oxygen atoms in total. The molecule has 2 atom stereocenters. The maximum absolute atomic E-state index is 3.92. The van der Waals surface area contributed by atoms with Crippen molar-refractivity contribution in [2.24, 2.45) is 11.8 Å². The fourth-order valence-electron chi connectivity index (χ4n) is 3.89. The van der Waals surface area contributed by atoms with Gasteiger partial charge in [-0.15, -0.1) is 0 Å². The highest BCUT2D eigenvalue weighted by molar-refractivity contribution is 4.82. The molecule has 0 bridgehead atoms. The highest BCUT2D eigenvalue weighted by atomic mass is 14.1. The molecule has 2 unspecified atom stereocenters. The number of unbranched alkanes of at least 4 members (excludes halogenated alkanes) is 11. The van der Waals surface area contributed by atoms with Gasteiger partial charge in [0.05, 0.1) is 0 Å². The van der Waals surface area contributed by atoms with Gasteiger partial charge in [0.1, 0.15) is 0 Å². The Kier molecular flexibility index (Phi) is 21.8. The van der Waals surface area contributed by atoms with Crippen LogP contribution in [0.5, 0.6) is 0 Å². The van der Waals surface area contributed by atoms with Crippen LogP contribution in [0.3, 0.4) is 0 Å². The Labute approximate surface area is 174 Å². The molecule has 0 heteroatoms. The van der Waals surface area contributed by atoms with E-state index in [-0.39, 0.29) is 0 Å². The van der Waals surface area contributed by atoms with Gasteiger partial charge in [-0.3, -0.25) is 0 Å². The van der Waals surface area contributed by atoms with Gasteiger partial charge < -0.3 is 0 Å². The first-order valence-corrected chi connectivity index (χ1v) is 12.4. The molecule has 160 valence electrons. The van der Waals surface area contributed by atoms with Crippen LogP contribution in [0.15, 0.2) is 12.2 Å². The molecule has 0 fully saturated rings. The largest absolute Gasteiger partial charge is 0.0885 e. The van der Waals surface area contributed by atoms with E-state index in [9.17, 15) is 0 Å². The van der Waals surface area contributed by atoms with Crippen LogP contribution in [0.1, 0.15) is 136 Å². The quantitative estimate of drug-likeness (QED) is 0.138. The molecule has 0 aromatic heterocycles. The normalized spacial score (nSPS) is 14.1. The van der Waals surface area contributed by atoms with Crippen molar-refractivity contribution >= 4 is 0 Å².